The number of aromatic nitrogens is 1. The Kier molecular flexibility index (Phi) is 11.8. The topological polar surface area (TPSA) is 80.6 Å². The molecule has 0 aliphatic carbocycles. The number of nitrogens with two attached hydrogens (primary N) is 1. The highest BCUT2D eigenvalue weighted by Crippen LogP contribution is 2.36. The van der Waals surface area contributed by atoms with Crippen molar-refractivity contribution in [1.29, 1.82) is 0 Å². The first-order valence-corrected chi connectivity index (χ1v) is 18.5. The van der Waals surface area contributed by atoms with Gasteiger partial charge in [0.25, 0.3) is 0 Å². The monoisotopic (exact) mass is 627 g/mol. The van der Waals surface area contributed by atoms with E-state index < -0.39 is 20.3 Å². The van der Waals surface area contributed by atoms with Crippen molar-refractivity contribution in [2.75, 3.05) is 19.7 Å². The number of ether oxygens (including phenoxy) is 1. The van der Waals surface area contributed by atoms with Crippen LogP contribution in [0.2, 0.25) is 18.1 Å². The quantitative estimate of drug-likeness (QED) is 0.115. The lowest BCUT2D eigenvalue weighted by Gasteiger charge is -2.37. The second kappa shape index (κ2) is 15.5. The average molecular weight is 628 g/mol. The molecule has 0 saturated heterocycles. The number of carbonyl (C=O) groups is 1. The maximum absolute atomic E-state index is 13.1. The van der Waals surface area contributed by atoms with E-state index in [1.807, 2.05) is 12.1 Å². The van der Waals surface area contributed by atoms with Crippen LogP contribution >= 0.6 is 0 Å². The van der Waals surface area contributed by atoms with Crippen molar-refractivity contribution in [2.45, 2.75) is 71.0 Å². The van der Waals surface area contributed by atoms with E-state index in [-0.39, 0.29) is 23.9 Å². The van der Waals surface area contributed by atoms with Crippen LogP contribution in [0, 0.1) is 17.7 Å². The van der Waals surface area contributed by atoms with Gasteiger partial charge in [-0.1, -0.05) is 75.1 Å². The number of primary amides is 1. The molecule has 0 spiro atoms. The van der Waals surface area contributed by atoms with Crippen LogP contribution in [0.25, 0.3) is 10.9 Å². The number of H-pyrrole nitrogens is 1. The summed E-state index contributed by atoms with van der Waals surface area (Å²) in [7, 11) is -1.84. The molecule has 3 aromatic carbocycles. The van der Waals surface area contributed by atoms with E-state index in [4.69, 9.17) is 14.9 Å². The highest BCUT2D eigenvalue weighted by molar-refractivity contribution is 6.74. The summed E-state index contributed by atoms with van der Waals surface area (Å²) < 4.78 is 25.3. The molecule has 45 heavy (non-hydrogen) atoms. The molecular formula is C37H46FN3O3Si. The van der Waals surface area contributed by atoms with Crippen molar-refractivity contribution in [3.63, 3.8) is 0 Å². The van der Waals surface area contributed by atoms with Crippen LogP contribution in [0.1, 0.15) is 49.4 Å². The highest BCUT2D eigenvalue weighted by atomic mass is 28.4. The van der Waals surface area contributed by atoms with E-state index in [0.717, 1.165) is 37.2 Å². The predicted molar refractivity (Wildman–Crippen MR) is 183 cm³/mol. The van der Waals surface area contributed by atoms with E-state index in [1.54, 1.807) is 12.1 Å². The van der Waals surface area contributed by atoms with E-state index in [1.165, 1.54) is 34.2 Å². The van der Waals surface area contributed by atoms with E-state index in [9.17, 15) is 9.18 Å². The number of para-hydroxylation sites is 1. The molecule has 1 atom stereocenters. The van der Waals surface area contributed by atoms with Crippen molar-refractivity contribution in [1.82, 2.24) is 9.88 Å². The number of halogens is 1. The first-order valence-electron chi connectivity index (χ1n) is 15.6. The number of benzene rings is 3. The van der Waals surface area contributed by atoms with Crippen molar-refractivity contribution >= 4 is 25.1 Å². The highest BCUT2D eigenvalue weighted by Gasteiger charge is 2.37. The Labute approximate surface area is 268 Å². The van der Waals surface area contributed by atoms with E-state index in [2.05, 4.69) is 98.2 Å². The van der Waals surface area contributed by atoms with Crippen molar-refractivity contribution in [3.05, 3.63) is 107 Å². The third kappa shape index (κ3) is 10.1. The van der Waals surface area contributed by atoms with Crippen LogP contribution in [-0.2, 0) is 33.5 Å². The van der Waals surface area contributed by atoms with Gasteiger partial charge in [-0.05, 0) is 71.6 Å². The number of amides is 1. The van der Waals surface area contributed by atoms with Gasteiger partial charge < -0.3 is 19.9 Å². The minimum absolute atomic E-state index is 0.155. The number of aromatic amines is 1. The van der Waals surface area contributed by atoms with Gasteiger partial charge in [-0.25, -0.2) is 4.39 Å². The van der Waals surface area contributed by atoms with Gasteiger partial charge in [-0.15, -0.1) is 0 Å². The second-order valence-electron chi connectivity index (χ2n) is 13.0. The Hall–Kier alpha value is -3.74. The molecule has 0 aliphatic heterocycles. The van der Waals surface area contributed by atoms with Gasteiger partial charge in [0.1, 0.15) is 11.9 Å². The Morgan fingerprint density at radius 3 is 2.38 bits per heavy atom. The Morgan fingerprint density at radius 2 is 1.69 bits per heavy atom. The zero-order chi connectivity index (χ0) is 32.5. The lowest BCUT2D eigenvalue weighted by molar-refractivity contribution is -0.129. The molecule has 1 unspecified atom stereocenters. The Balaban J connectivity index is 1.36. The van der Waals surface area contributed by atoms with Crippen molar-refractivity contribution < 1.29 is 18.3 Å². The molecule has 3 N–H and O–H groups in total. The summed E-state index contributed by atoms with van der Waals surface area (Å²) in [5.74, 6) is 5.25. The molecule has 1 aromatic heterocycles. The SMILES string of the molecule is CC(C)(C)[Si](C)(C)OCCN(CCc1c[nH]c2ccccc12)Cc1ccc(C#CCC(OCc2ccc(F)cc2)C(N)=O)cc1. The number of carbonyl (C=O) groups excluding carboxylic acids is 1. The molecule has 1 heterocycles. The fraction of sp³-hybridized carbons (Fsp3) is 0.378. The molecule has 0 bridgehead atoms. The van der Waals surface area contributed by atoms with Gasteiger partial charge in [-0.3, -0.25) is 9.69 Å². The molecule has 0 saturated carbocycles. The molecule has 6 nitrogen and oxygen atoms in total. The summed E-state index contributed by atoms with van der Waals surface area (Å²) in [6.45, 7) is 14.8. The van der Waals surface area contributed by atoms with Crippen molar-refractivity contribution in [2.24, 2.45) is 5.73 Å². The number of hydrogen-bond acceptors (Lipinski definition) is 4. The lowest BCUT2D eigenvalue weighted by atomic mass is 10.1. The largest absolute Gasteiger partial charge is 0.416 e. The minimum Gasteiger partial charge on any atom is -0.416 e. The van der Waals surface area contributed by atoms with Crippen LogP contribution in [0.4, 0.5) is 4.39 Å². The lowest BCUT2D eigenvalue weighted by Crippen LogP contribution is -2.43. The van der Waals surface area contributed by atoms with E-state index >= 15 is 0 Å². The zero-order valence-electron chi connectivity index (χ0n) is 27.2. The average Bonchev–Trinajstić information content (AvgIpc) is 3.41. The molecule has 0 aliphatic rings. The van der Waals surface area contributed by atoms with Crippen LogP contribution in [0.3, 0.4) is 0 Å². The van der Waals surface area contributed by atoms with Crippen LogP contribution in [0.15, 0.2) is 79.0 Å². The summed E-state index contributed by atoms with van der Waals surface area (Å²) in [6.07, 6.45) is 2.39. The van der Waals surface area contributed by atoms with Gasteiger partial charge in [0.05, 0.1) is 6.61 Å². The molecule has 8 heteroatoms. The maximum Gasteiger partial charge on any atom is 0.247 e. The number of fused-ring (bicyclic) bond motifs is 1. The Morgan fingerprint density at radius 1 is 1.00 bits per heavy atom. The molecule has 238 valence electrons. The third-order valence-corrected chi connectivity index (χ3v) is 13.1. The molecule has 4 aromatic rings. The van der Waals surface area contributed by atoms with Crippen LogP contribution in [-0.4, -0.2) is 49.9 Å². The normalized spacial score (nSPS) is 12.7. The molecule has 0 fully saturated rings. The zero-order valence-corrected chi connectivity index (χ0v) is 28.2. The van der Waals surface area contributed by atoms with Gasteiger partial charge >= 0.3 is 0 Å². The summed E-state index contributed by atoms with van der Waals surface area (Å²) >= 11 is 0. The molecular weight excluding hydrogens is 582 g/mol. The van der Waals surface area contributed by atoms with Gasteiger partial charge in [0.2, 0.25) is 5.91 Å². The Bertz CT molecular complexity index is 1600. The predicted octanol–water partition coefficient (Wildman–Crippen LogP) is 7.19. The first kappa shape index (κ1) is 34.1. The number of nitrogens with zero attached hydrogens (tertiary/aromatic N) is 1. The number of nitrogens with one attached hydrogen (secondary N) is 1. The standard InChI is InChI=1S/C37H46FN3O3Si/c1-37(2,3)45(4,5)44-24-23-41(22-21-31-25-40-34-11-7-6-10-33(31)34)26-29-15-13-28(14-16-29)9-8-12-35(36(39)42)43-27-30-17-19-32(38)20-18-30/h6-7,10-11,13-20,25,35,40H,12,21-24,26-27H2,1-5H3,(H2,39,42). The fourth-order valence-electron chi connectivity index (χ4n) is 4.75. The summed E-state index contributed by atoms with van der Waals surface area (Å²) in [6, 6.07) is 22.6. The van der Waals surface area contributed by atoms with Crippen LogP contribution in [0.5, 0.6) is 0 Å². The van der Waals surface area contributed by atoms with Gasteiger partial charge in [0, 0.05) is 55.3 Å². The number of hydrogen-bond donors (Lipinski definition) is 2. The smallest absolute Gasteiger partial charge is 0.247 e. The second-order valence-corrected chi connectivity index (χ2v) is 17.8. The van der Waals surface area contributed by atoms with E-state index in [0.29, 0.717) is 6.61 Å². The summed E-state index contributed by atoms with van der Waals surface area (Å²) in [5, 5.41) is 1.45. The third-order valence-electron chi connectivity index (χ3n) is 8.61. The van der Waals surface area contributed by atoms with Gasteiger partial charge in [-0.2, -0.15) is 0 Å². The molecule has 1 amide bonds. The first-order chi connectivity index (χ1) is 21.4. The number of rotatable bonds is 14. The minimum atomic E-state index is -1.84. The molecule has 4 rings (SSSR count). The van der Waals surface area contributed by atoms with Gasteiger partial charge in [0.15, 0.2) is 8.32 Å². The molecule has 0 radical (unpaired) electrons. The van der Waals surface area contributed by atoms with Crippen molar-refractivity contribution in [3.8, 4) is 11.8 Å². The fourth-order valence-corrected chi connectivity index (χ4v) is 5.78. The maximum atomic E-state index is 13.1. The summed E-state index contributed by atoms with van der Waals surface area (Å²) in [4.78, 5) is 17.8. The van der Waals surface area contributed by atoms with Crippen LogP contribution < -0.4 is 5.73 Å². The summed E-state index contributed by atoms with van der Waals surface area (Å²) in [5.41, 5.74) is 10.8.